The molecule has 0 bridgehead atoms. The smallest absolute Gasteiger partial charge is 0.347 e. The summed E-state index contributed by atoms with van der Waals surface area (Å²) in [6, 6.07) is 2.41. The molecule has 1 atom stereocenters. The summed E-state index contributed by atoms with van der Waals surface area (Å²) in [5.74, 6) is 0. The van der Waals surface area contributed by atoms with Gasteiger partial charge in [-0.15, -0.1) is 0 Å². The molecule has 2 aliphatic rings. The van der Waals surface area contributed by atoms with Crippen LogP contribution in [0.4, 0.5) is 0 Å². The fraction of sp³-hybridized carbons (Fsp3) is 0.765. The van der Waals surface area contributed by atoms with Crippen LogP contribution in [0.5, 0.6) is 0 Å². The van der Waals surface area contributed by atoms with Crippen molar-refractivity contribution in [2.24, 2.45) is 0 Å². The van der Waals surface area contributed by atoms with Crippen molar-refractivity contribution in [3.63, 3.8) is 0 Å². The minimum Gasteiger partial charge on any atom is -0.381 e. The van der Waals surface area contributed by atoms with Crippen molar-refractivity contribution in [1.29, 1.82) is 0 Å². The van der Waals surface area contributed by atoms with Crippen LogP contribution in [0, 0.1) is 13.8 Å². The van der Waals surface area contributed by atoms with Crippen LogP contribution < -0.4 is 11.0 Å². The summed E-state index contributed by atoms with van der Waals surface area (Å²) in [4.78, 5) is 16.0. The summed E-state index contributed by atoms with van der Waals surface area (Å²) in [6.07, 6.45) is 4.05. The molecule has 0 aliphatic carbocycles. The Kier molecular flexibility index (Phi) is 5.14. The van der Waals surface area contributed by atoms with Gasteiger partial charge in [-0.3, -0.25) is 4.57 Å². The van der Waals surface area contributed by atoms with E-state index in [1.807, 2.05) is 19.9 Å². The van der Waals surface area contributed by atoms with Crippen LogP contribution in [0.3, 0.4) is 0 Å². The first kappa shape index (κ1) is 16.6. The number of rotatable bonds is 4. The zero-order chi connectivity index (χ0) is 16.3. The molecular weight excluding hydrogens is 294 g/mol. The van der Waals surface area contributed by atoms with Crippen LogP contribution in [0.25, 0.3) is 0 Å². The Hall–Kier alpha value is -1.24. The Bertz CT molecular complexity index is 588. The maximum Gasteiger partial charge on any atom is 0.347 e. The van der Waals surface area contributed by atoms with E-state index in [4.69, 9.17) is 9.47 Å². The highest BCUT2D eigenvalue weighted by Crippen LogP contribution is 2.34. The van der Waals surface area contributed by atoms with Gasteiger partial charge in [-0.05, 0) is 45.6 Å². The molecule has 3 heterocycles. The Morgan fingerprint density at radius 1 is 1.35 bits per heavy atom. The van der Waals surface area contributed by atoms with E-state index in [9.17, 15) is 4.79 Å². The first-order chi connectivity index (χ1) is 11.1. The molecule has 6 nitrogen and oxygen atoms in total. The second-order valence-electron chi connectivity index (χ2n) is 6.76. The predicted molar refractivity (Wildman–Crippen MR) is 87.7 cm³/mol. The molecular formula is C17H27N3O3. The van der Waals surface area contributed by atoms with Gasteiger partial charge in [-0.25, -0.2) is 4.79 Å². The largest absolute Gasteiger partial charge is 0.381 e. The number of hydrogen-bond donors (Lipinski definition) is 1. The number of aromatic nitrogens is 2. The topological polar surface area (TPSA) is 65.4 Å². The SMILES string of the molecule is Cc1cc(C)n(CCN[C@H]2CCOC3(CCOCC3)C2)c(=O)n1. The molecule has 128 valence electrons. The van der Waals surface area contributed by atoms with Crippen molar-refractivity contribution >= 4 is 0 Å². The first-order valence-electron chi connectivity index (χ1n) is 8.58. The number of aryl methyl sites for hydroxylation is 2. The van der Waals surface area contributed by atoms with Crippen molar-refractivity contribution < 1.29 is 9.47 Å². The zero-order valence-electron chi connectivity index (χ0n) is 14.1. The average Bonchev–Trinajstić information content (AvgIpc) is 2.51. The lowest BCUT2D eigenvalue weighted by Gasteiger charge is -2.43. The molecule has 1 aromatic heterocycles. The van der Waals surface area contributed by atoms with Gasteiger partial charge in [-0.1, -0.05) is 0 Å². The summed E-state index contributed by atoms with van der Waals surface area (Å²) < 4.78 is 13.3. The Morgan fingerprint density at radius 2 is 2.13 bits per heavy atom. The third-order valence-corrected chi connectivity index (χ3v) is 5.01. The van der Waals surface area contributed by atoms with Gasteiger partial charge in [0.1, 0.15) is 0 Å². The van der Waals surface area contributed by atoms with Crippen LogP contribution in [-0.4, -0.2) is 47.6 Å². The maximum atomic E-state index is 12.0. The van der Waals surface area contributed by atoms with E-state index >= 15 is 0 Å². The summed E-state index contributed by atoms with van der Waals surface area (Å²) in [7, 11) is 0. The summed E-state index contributed by atoms with van der Waals surface area (Å²) in [6.45, 7) is 7.66. The minimum atomic E-state index is -0.155. The van der Waals surface area contributed by atoms with E-state index < -0.39 is 0 Å². The summed E-state index contributed by atoms with van der Waals surface area (Å²) in [5.41, 5.74) is 1.60. The summed E-state index contributed by atoms with van der Waals surface area (Å²) >= 11 is 0. The third-order valence-electron chi connectivity index (χ3n) is 5.01. The molecule has 2 aliphatic heterocycles. The van der Waals surface area contributed by atoms with Gasteiger partial charge in [0.15, 0.2) is 0 Å². The molecule has 0 aromatic carbocycles. The quantitative estimate of drug-likeness (QED) is 0.902. The maximum absolute atomic E-state index is 12.0. The van der Waals surface area contributed by atoms with E-state index in [-0.39, 0.29) is 11.3 Å². The lowest BCUT2D eigenvalue weighted by molar-refractivity contribution is -0.140. The van der Waals surface area contributed by atoms with Crippen LogP contribution in [0.15, 0.2) is 10.9 Å². The van der Waals surface area contributed by atoms with Crippen molar-refractivity contribution in [2.75, 3.05) is 26.4 Å². The fourth-order valence-corrected chi connectivity index (χ4v) is 3.72. The molecule has 6 heteroatoms. The van der Waals surface area contributed by atoms with Gasteiger partial charge >= 0.3 is 5.69 Å². The Labute approximate surface area is 137 Å². The number of nitrogens with one attached hydrogen (secondary N) is 1. The fourth-order valence-electron chi connectivity index (χ4n) is 3.72. The molecule has 23 heavy (non-hydrogen) atoms. The molecule has 0 amide bonds. The van der Waals surface area contributed by atoms with Gasteiger partial charge in [-0.2, -0.15) is 4.98 Å². The van der Waals surface area contributed by atoms with Crippen molar-refractivity contribution in [3.8, 4) is 0 Å². The van der Waals surface area contributed by atoms with E-state index in [2.05, 4.69) is 10.3 Å². The molecule has 1 aromatic rings. The van der Waals surface area contributed by atoms with Crippen LogP contribution >= 0.6 is 0 Å². The first-order valence-corrected chi connectivity index (χ1v) is 8.58. The van der Waals surface area contributed by atoms with Crippen LogP contribution in [0.1, 0.15) is 37.1 Å². The van der Waals surface area contributed by atoms with Gasteiger partial charge < -0.3 is 14.8 Å². The summed E-state index contributed by atoms with van der Waals surface area (Å²) in [5, 5.41) is 3.60. The van der Waals surface area contributed by atoms with Crippen molar-refractivity contribution in [1.82, 2.24) is 14.9 Å². The molecule has 1 spiro atoms. The van der Waals surface area contributed by atoms with E-state index in [0.29, 0.717) is 12.6 Å². The standard InChI is InChI=1S/C17H27N3O3/c1-13-11-14(2)20(16(21)19-13)7-6-18-15-3-8-23-17(12-15)4-9-22-10-5-17/h11,15,18H,3-10,12H2,1-2H3/t15-/m0/s1. The van der Waals surface area contributed by atoms with E-state index in [1.54, 1.807) is 4.57 Å². The minimum absolute atomic E-state index is 0.00628. The molecule has 1 N–H and O–H groups in total. The number of nitrogens with zero attached hydrogens (tertiary/aromatic N) is 2. The Balaban J connectivity index is 1.53. The lowest BCUT2D eigenvalue weighted by atomic mass is 9.84. The third kappa shape index (κ3) is 4.00. The molecule has 0 unspecified atom stereocenters. The second-order valence-corrected chi connectivity index (χ2v) is 6.76. The average molecular weight is 321 g/mol. The van der Waals surface area contributed by atoms with Gasteiger partial charge in [0.2, 0.25) is 0 Å². The van der Waals surface area contributed by atoms with Crippen LogP contribution in [-0.2, 0) is 16.0 Å². The monoisotopic (exact) mass is 321 g/mol. The van der Waals surface area contributed by atoms with Gasteiger partial charge in [0.25, 0.3) is 0 Å². The molecule has 3 rings (SSSR count). The normalized spacial score (nSPS) is 24.0. The highest BCUT2D eigenvalue weighted by molar-refractivity contribution is 5.06. The Morgan fingerprint density at radius 3 is 2.87 bits per heavy atom. The molecule has 2 fully saturated rings. The molecule has 0 radical (unpaired) electrons. The van der Waals surface area contributed by atoms with Crippen molar-refractivity contribution in [2.45, 2.75) is 57.7 Å². The van der Waals surface area contributed by atoms with Crippen molar-refractivity contribution in [3.05, 3.63) is 27.9 Å². The molecule has 2 saturated heterocycles. The predicted octanol–water partition coefficient (Wildman–Crippen LogP) is 1.18. The lowest BCUT2D eigenvalue weighted by Crippen LogP contribution is -2.50. The number of ether oxygens (including phenoxy) is 2. The van der Waals surface area contributed by atoms with Gasteiger partial charge in [0, 0.05) is 50.3 Å². The van der Waals surface area contributed by atoms with E-state index in [0.717, 1.165) is 63.4 Å². The van der Waals surface area contributed by atoms with Crippen LogP contribution in [0.2, 0.25) is 0 Å². The highest BCUT2D eigenvalue weighted by Gasteiger charge is 2.38. The second kappa shape index (κ2) is 7.11. The number of hydrogen-bond acceptors (Lipinski definition) is 5. The van der Waals surface area contributed by atoms with E-state index in [1.165, 1.54) is 0 Å². The highest BCUT2D eigenvalue weighted by atomic mass is 16.5. The van der Waals surface area contributed by atoms with Gasteiger partial charge in [0.05, 0.1) is 5.60 Å². The molecule has 0 saturated carbocycles. The zero-order valence-corrected chi connectivity index (χ0v) is 14.1.